The number of hydrogen-bond acceptors (Lipinski definition) is 4. The van der Waals surface area contributed by atoms with Gasteiger partial charge in [0.2, 0.25) is 0 Å². The van der Waals surface area contributed by atoms with Gasteiger partial charge in [0.05, 0.1) is 23.4 Å². The molecule has 1 amide bonds. The summed E-state index contributed by atoms with van der Waals surface area (Å²) in [7, 11) is 0. The van der Waals surface area contributed by atoms with Gasteiger partial charge >= 0.3 is 0 Å². The van der Waals surface area contributed by atoms with Crippen LogP contribution in [0.25, 0.3) is 11.0 Å². The topological polar surface area (TPSA) is 102 Å². The molecule has 28 heavy (non-hydrogen) atoms. The summed E-state index contributed by atoms with van der Waals surface area (Å²) >= 11 is 0. The second kappa shape index (κ2) is 8.99. The number of amides is 1. The minimum atomic E-state index is -0.525. The number of para-hydroxylation sites is 1. The van der Waals surface area contributed by atoms with E-state index in [4.69, 9.17) is 5.41 Å². The third kappa shape index (κ3) is 4.40. The number of carbonyl (C=O) groups is 1. The normalized spacial score (nSPS) is 17.7. The highest BCUT2D eigenvalue weighted by molar-refractivity contribution is 6.19. The minimum absolute atomic E-state index is 0.0212. The number of rotatable bonds is 5. The van der Waals surface area contributed by atoms with Gasteiger partial charge in [-0.1, -0.05) is 38.2 Å². The van der Waals surface area contributed by atoms with Crippen LogP contribution >= 0.6 is 0 Å². The average Bonchev–Trinajstić information content (AvgIpc) is 3.05. The fourth-order valence-electron chi connectivity index (χ4n) is 3.94. The average molecular weight is 386 g/mol. The fraction of sp³-hybridized carbons (Fsp3) is 0.476. The van der Waals surface area contributed by atoms with Crippen molar-refractivity contribution in [2.24, 2.45) is 5.92 Å². The van der Waals surface area contributed by atoms with Crippen LogP contribution < -0.4 is 5.32 Å². The van der Waals surface area contributed by atoms with Crippen molar-refractivity contribution < 1.29 is 14.3 Å². The summed E-state index contributed by atoms with van der Waals surface area (Å²) in [6.07, 6.45) is 8.21. The molecule has 1 aromatic heterocycles. The van der Waals surface area contributed by atoms with Crippen molar-refractivity contribution in [2.75, 3.05) is 0 Å². The second-order valence-electron chi connectivity index (χ2n) is 7.48. The van der Waals surface area contributed by atoms with Crippen molar-refractivity contribution in [3.63, 3.8) is 0 Å². The lowest BCUT2D eigenvalue weighted by Crippen LogP contribution is -2.36. The molecule has 2 aromatic rings. The summed E-state index contributed by atoms with van der Waals surface area (Å²) in [6.45, 7) is 1.45. The zero-order valence-electron chi connectivity index (χ0n) is 16.1. The van der Waals surface area contributed by atoms with Crippen LogP contribution in [0.4, 0.5) is 4.39 Å². The monoisotopic (exact) mass is 386 g/mol. The van der Waals surface area contributed by atoms with Gasteiger partial charge in [0, 0.05) is 5.71 Å². The Morgan fingerprint density at radius 2 is 2.00 bits per heavy atom. The van der Waals surface area contributed by atoms with Crippen molar-refractivity contribution in [3.05, 3.63) is 41.7 Å². The van der Waals surface area contributed by atoms with E-state index in [0.717, 1.165) is 38.5 Å². The number of fused-ring (bicyclic) bond motifs is 1. The van der Waals surface area contributed by atoms with Crippen LogP contribution in [0.2, 0.25) is 0 Å². The molecule has 1 atom stereocenters. The Kier molecular flexibility index (Phi) is 6.44. The molecule has 1 aromatic carbocycles. The number of aromatic nitrogens is 2. The highest BCUT2D eigenvalue weighted by Crippen LogP contribution is 2.33. The maximum absolute atomic E-state index is 14.1. The summed E-state index contributed by atoms with van der Waals surface area (Å²) < 4.78 is 14.1. The first-order valence-electron chi connectivity index (χ1n) is 9.86. The van der Waals surface area contributed by atoms with E-state index in [9.17, 15) is 14.3 Å². The standard InChI is InChI=1S/C21H27FN4O2/c1-13(23)15(12-27)21(28)26-18(14-8-5-3-2-4-6-9-14)20-24-17-11-7-10-16(22)19(17)25-20/h7,10-12,14,18,23,27H,2-6,8-9H2,1H3,(H,24,25)(H,26,28)/b15-12+,23-13?. The molecule has 1 heterocycles. The Bertz CT molecular complexity index is 882. The number of imidazole rings is 1. The number of carbonyl (C=O) groups excluding carboxylic acids is 1. The van der Waals surface area contributed by atoms with Gasteiger partial charge in [0.1, 0.15) is 11.3 Å². The quantitative estimate of drug-likeness (QED) is 0.340. The first kappa shape index (κ1) is 20.0. The molecule has 1 aliphatic rings. The van der Waals surface area contributed by atoms with E-state index in [1.54, 1.807) is 12.1 Å². The smallest absolute Gasteiger partial charge is 0.256 e. The first-order chi connectivity index (χ1) is 13.5. The van der Waals surface area contributed by atoms with Crippen LogP contribution in [0.3, 0.4) is 0 Å². The van der Waals surface area contributed by atoms with Crippen LogP contribution in [-0.2, 0) is 4.79 Å². The van der Waals surface area contributed by atoms with Crippen molar-refractivity contribution in [3.8, 4) is 0 Å². The second-order valence-corrected chi connectivity index (χ2v) is 7.48. The largest absolute Gasteiger partial charge is 0.515 e. The number of aliphatic hydroxyl groups is 1. The molecule has 3 rings (SSSR count). The molecule has 1 saturated carbocycles. The van der Waals surface area contributed by atoms with Crippen LogP contribution in [0, 0.1) is 17.1 Å². The van der Waals surface area contributed by atoms with Gasteiger partial charge in [-0.2, -0.15) is 0 Å². The highest BCUT2D eigenvalue weighted by atomic mass is 19.1. The zero-order chi connectivity index (χ0) is 20.1. The molecule has 0 saturated heterocycles. The lowest BCUT2D eigenvalue weighted by Gasteiger charge is -2.28. The number of aromatic amines is 1. The van der Waals surface area contributed by atoms with Gasteiger partial charge in [-0.3, -0.25) is 4.79 Å². The maximum atomic E-state index is 14.1. The van der Waals surface area contributed by atoms with Crippen molar-refractivity contribution in [2.45, 2.75) is 57.9 Å². The van der Waals surface area contributed by atoms with E-state index in [1.807, 2.05) is 0 Å². The minimum Gasteiger partial charge on any atom is -0.515 e. The van der Waals surface area contributed by atoms with Crippen LogP contribution in [-0.4, -0.2) is 26.7 Å². The molecule has 150 valence electrons. The number of aliphatic hydroxyl groups excluding tert-OH is 1. The van der Waals surface area contributed by atoms with E-state index in [2.05, 4.69) is 15.3 Å². The van der Waals surface area contributed by atoms with Gasteiger partial charge in [-0.05, 0) is 37.8 Å². The van der Waals surface area contributed by atoms with Crippen LogP contribution in [0.1, 0.15) is 63.7 Å². The summed E-state index contributed by atoms with van der Waals surface area (Å²) in [5.74, 6) is -0.269. The third-order valence-corrected chi connectivity index (χ3v) is 5.46. The molecule has 4 N–H and O–H groups in total. The molecule has 6 nitrogen and oxygen atoms in total. The van der Waals surface area contributed by atoms with Crippen LogP contribution in [0.15, 0.2) is 30.0 Å². The number of nitrogens with one attached hydrogen (secondary N) is 3. The van der Waals surface area contributed by atoms with Gasteiger partial charge in [0.25, 0.3) is 5.91 Å². The van der Waals surface area contributed by atoms with E-state index in [1.165, 1.54) is 19.4 Å². The lowest BCUT2D eigenvalue weighted by molar-refractivity contribution is -0.118. The van der Waals surface area contributed by atoms with Gasteiger partial charge in [-0.15, -0.1) is 0 Å². The van der Waals surface area contributed by atoms with E-state index >= 15 is 0 Å². The predicted octanol–water partition coefficient (Wildman–Crippen LogP) is 4.70. The molecular formula is C21H27FN4O2. The van der Waals surface area contributed by atoms with E-state index in [-0.39, 0.29) is 22.7 Å². The number of nitrogens with zero attached hydrogens (tertiary/aromatic N) is 1. The summed E-state index contributed by atoms with van der Waals surface area (Å²) in [5.41, 5.74) is 0.732. The highest BCUT2D eigenvalue weighted by Gasteiger charge is 2.29. The number of H-pyrrole nitrogens is 1. The Labute approximate surface area is 163 Å². The Balaban J connectivity index is 1.96. The van der Waals surface area contributed by atoms with Crippen molar-refractivity contribution in [1.82, 2.24) is 15.3 Å². The number of benzene rings is 1. The Morgan fingerprint density at radius 1 is 1.32 bits per heavy atom. The van der Waals surface area contributed by atoms with Gasteiger partial charge < -0.3 is 20.8 Å². The summed E-state index contributed by atoms with van der Waals surface area (Å²) in [6, 6.07) is 4.30. The Hall–Kier alpha value is -2.70. The molecular weight excluding hydrogens is 359 g/mol. The molecule has 0 spiro atoms. The maximum Gasteiger partial charge on any atom is 0.256 e. The SMILES string of the molecule is CC(=N)/C(=C\O)C(=O)NC(c1nc2c(F)cccc2[nH]1)C1CCCCCCC1. The van der Waals surface area contributed by atoms with E-state index < -0.39 is 17.8 Å². The summed E-state index contributed by atoms with van der Waals surface area (Å²) in [5, 5.41) is 20.0. The zero-order valence-corrected chi connectivity index (χ0v) is 16.1. The van der Waals surface area contributed by atoms with E-state index in [0.29, 0.717) is 17.6 Å². The first-order valence-corrected chi connectivity index (χ1v) is 9.86. The molecule has 1 unspecified atom stereocenters. The van der Waals surface area contributed by atoms with Crippen LogP contribution in [0.5, 0.6) is 0 Å². The Morgan fingerprint density at radius 3 is 2.61 bits per heavy atom. The number of hydrogen-bond donors (Lipinski definition) is 4. The van der Waals surface area contributed by atoms with Crippen molar-refractivity contribution in [1.29, 1.82) is 5.41 Å². The lowest BCUT2D eigenvalue weighted by atomic mass is 9.85. The molecule has 1 aliphatic carbocycles. The van der Waals surface area contributed by atoms with Gasteiger partial charge in [-0.25, -0.2) is 9.37 Å². The molecule has 0 radical (unpaired) electrons. The predicted molar refractivity (Wildman–Crippen MR) is 107 cm³/mol. The summed E-state index contributed by atoms with van der Waals surface area (Å²) in [4.78, 5) is 20.3. The molecule has 7 heteroatoms. The molecule has 0 aliphatic heterocycles. The number of halogens is 1. The molecule has 0 bridgehead atoms. The van der Waals surface area contributed by atoms with Gasteiger partial charge in [0.15, 0.2) is 5.82 Å². The fourth-order valence-corrected chi connectivity index (χ4v) is 3.94. The third-order valence-electron chi connectivity index (χ3n) is 5.46. The van der Waals surface area contributed by atoms with Crippen molar-refractivity contribution >= 4 is 22.7 Å². The molecule has 1 fully saturated rings.